The van der Waals surface area contributed by atoms with Gasteiger partial charge >= 0.3 is 0 Å². The van der Waals surface area contributed by atoms with E-state index in [1.54, 1.807) is 6.92 Å². The molecule has 3 N–H and O–H groups in total. The summed E-state index contributed by atoms with van der Waals surface area (Å²) in [4.78, 5) is 7.14. The maximum absolute atomic E-state index is 8.87. The zero-order chi connectivity index (χ0) is 6.85. The van der Waals surface area contributed by atoms with Gasteiger partial charge in [0.05, 0.1) is 0 Å². The standard InChI is InChI=1S/C5H7N3O/c1-3-2-7-5(6)8-4(3)9/h2H,1H3,(H3,6,7,8,9). The number of hydrogen-bond donors (Lipinski definition) is 2. The molecule has 0 saturated carbocycles. The largest absolute Gasteiger partial charge is 0.493 e. The number of aryl methyl sites for hydroxylation is 1. The van der Waals surface area contributed by atoms with E-state index in [1.165, 1.54) is 6.20 Å². The molecule has 0 fully saturated rings. The van der Waals surface area contributed by atoms with Gasteiger partial charge in [-0.05, 0) is 6.92 Å². The highest BCUT2D eigenvalue weighted by Gasteiger charge is 1.95. The zero-order valence-corrected chi connectivity index (χ0v) is 5.00. The molecule has 0 bridgehead atoms. The summed E-state index contributed by atoms with van der Waals surface area (Å²) in [6, 6.07) is 0. The number of rotatable bonds is 0. The summed E-state index contributed by atoms with van der Waals surface area (Å²) < 4.78 is 0. The number of nitrogens with zero attached hydrogens (tertiary/aromatic N) is 2. The van der Waals surface area contributed by atoms with Crippen LogP contribution in [0.3, 0.4) is 0 Å². The van der Waals surface area contributed by atoms with Crippen LogP contribution in [0.15, 0.2) is 6.20 Å². The summed E-state index contributed by atoms with van der Waals surface area (Å²) in [5, 5.41) is 8.87. The maximum atomic E-state index is 8.87. The molecule has 0 aliphatic rings. The molecule has 0 unspecified atom stereocenters. The first-order chi connectivity index (χ1) is 4.20. The van der Waals surface area contributed by atoms with E-state index in [0.717, 1.165) is 0 Å². The Morgan fingerprint density at radius 3 is 2.78 bits per heavy atom. The molecule has 0 radical (unpaired) electrons. The molecule has 0 aromatic carbocycles. The summed E-state index contributed by atoms with van der Waals surface area (Å²) in [6.45, 7) is 1.70. The Hall–Kier alpha value is -1.32. The molecular weight excluding hydrogens is 118 g/mol. The van der Waals surface area contributed by atoms with E-state index in [2.05, 4.69) is 9.97 Å². The molecule has 1 aromatic heterocycles. The van der Waals surface area contributed by atoms with Crippen molar-refractivity contribution in [1.29, 1.82) is 0 Å². The predicted octanol–water partition coefficient (Wildman–Crippen LogP) is 0.0728. The number of hydrogen-bond acceptors (Lipinski definition) is 4. The smallest absolute Gasteiger partial charge is 0.223 e. The van der Waals surface area contributed by atoms with Crippen LogP contribution < -0.4 is 5.73 Å². The average Bonchev–Trinajstić information content (AvgIpc) is 1.80. The SMILES string of the molecule is Cc1cnc(N)nc1O. The van der Waals surface area contributed by atoms with Crippen molar-refractivity contribution in [3.63, 3.8) is 0 Å². The third-order valence-corrected chi connectivity index (χ3v) is 0.964. The molecule has 48 valence electrons. The van der Waals surface area contributed by atoms with E-state index in [1.807, 2.05) is 0 Å². The molecule has 1 heterocycles. The van der Waals surface area contributed by atoms with Crippen molar-refractivity contribution in [2.24, 2.45) is 0 Å². The van der Waals surface area contributed by atoms with Gasteiger partial charge in [0, 0.05) is 11.8 Å². The second kappa shape index (κ2) is 1.89. The lowest BCUT2D eigenvalue weighted by atomic mass is 10.4. The van der Waals surface area contributed by atoms with Gasteiger partial charge in [0.25, 0.3) is 0 Å². The van der Waals surface area contributed by atoms with Crippen molar-refractivity contribution in [3.05, 3.63) is 11.8 Å². The van der Waals surface area contributed by atoms with Crippen molar-refractivity contribution in [2.45, 2.75) is 6.92 Å². The first-order valence-electron chi connectivity index (χ1n) is 2.48. The first-order valence-corrected chi connectivity index (χ1v) is 2.48. The van der Waals surface area contributed by atoms with Gasteiger partial charge in [-0.15, -0.1) is 0 Å². The van der Waals surface area contributed by atoms with Gasteiger partial charge in [0.15, 0.2) is 0 Å². The van der Waals surface area contributed by atoms with Crippen LogP contribution in [0.2, 0.25) is 0 Å². The Bertz CT molecular complexity index is 223. The van der Waals surface area contributed by atoms with Crippen molar-refractivity contribution in [3.8, 4) is 5.88 Å². The number of aromatic nitrogens is 2. The lowest BCUT2D eigenvalue weighted by molar-refractivity contribution is 0.448. The predicted molar refractivity (Wildman–Crippen MR) is 32.8 cm³/mol. The summed E-state index contributed by atoms with van der Waals surface area (Å²) >= 11 is 0. The van der Waals surface area contributed by atoms with E-state index in [-0.39, 0.29) is 11.8 Å². The summed E-state index contributed by atoms with van der Waals surface area (Å²) in [5.41, 5.74) is 5.77. The molecule has 0 aliphatic heterocycles. The third kappa shape index (κ3) is 1.07. The van der Waals surface area contributed by atoms with E-state index in [0.29, 0.717) is 5.56 Å². The number of nitrogen functional groups attached to an aromatic ring is 1. The summed E-state index contributed by atoms with van der Waals surface area (Å²) in [5.74, 6) is 0.0422. The highest BCUT2D eigenvalue weighted by molar-refractivity contribution is 5.27. The minimum absolute atomic E-state index is 0.0532. The Morgan fingerprint density at radius 1 is 1.67 bits per heavy atom. The van der Waals surface area contributed by atoms with Crippen molar-refractivity contribution in [2.75, 3.05) is 5.73 Å². The normalized spacial score (nSPS) is 9.44. The molecule has 9 heavy (non-hydrogen) atoms. The molecule has 0 spiro atoms. The van der Waals surface area contributed by atoms with Gasteiger partial charge in [-0.3, -0.25) is 0 Å². The maximum Gasteiger partial charge on any atom is 0.223 e. The molecule has 1 rings (SSSR count). The second-order valence-electron chi connectivity index (χ2n) is 1.73. The van der Waals surface area contributed by atoms with Crippen LogP contribution >= 0.6 is 0 Å². The monoisotopic (exact) mass is 125 g/mol. The van der Waals surface area contributed by atoms with Gasteiger partial charge in [-0.1, -0.05) is 0 Å². The van der Waals surface area contributed by atoms with Crippen LogP contribution in [-0.2, 0) is 0 Å². The number of aromatic hydroxyl groups is 1. The van der Waals surface area contributed by atoms with Crippen LogP contribution in [0.1, 0.15) is 5.56 Å². The Kier molecular flexibility index (Phi) is 1.22. The highest BCUT2D eigenvalue weighted by Crippen LogP contribution is 2.09. The van der Waals surface area contributed by atoms with E-state index in [9.17, 15) is 0 Å². The van der Waals surface area contributed by atoms with Gasteiger partial charge < -0.3 is 10.8 Å². The topological polar surface area (TPSA) is 72.0 Å². The summed E-state index contributed by atoms with van der Waals surface area (Å²) in [6.07, 6.45) is 1.47. The zero-order valence-electron chi connectivity index (χ0n) is 5.00. The van der Waals surface area contributed by atoms with Crippen molar-refractivity contribution < 1.29 is 5.11 Å². The fourth-order valence-corrected chi connectivity index (χ4v) is 0.446. The van der Waals surface area contributed by atoms with Gasteiger partial charge in [-0.25, -0.2) is 4.98 Å². The molecule has 0 atom stereocenters. The molecule has 1 aromatic rings. The van der Waals surface area contributed by atoms with Gasteiger partial charge in [0.1, 0.15) is 0 Å². The Morgan fingerprint density at radius 2 is 2.33 bits per heavy atom. The fourth-order valence-electron chi connectivity index (χ4n) is 0.446. The molecular formula is C5H7N3O. The highest BCUT2D eigenvalue weighted by atomic mass is 16.3. The van der Waals surface area contributed by atoms with Gasteiger partial charge in [0.2, 0.25) is 11.8 Å². The minimum atomic E-state index is -0.0532. The lowest BCUT2D eigenvalue weighted by Crippen LogP contribution is -1.94. The fraction of sp³-hybridized carbons (Fsp3) is 0.200. The minimum Gasteiger partial charge on any atom is -0.493 e. The summed E-state index contributed by atoms with van der Waals surface area (Å²) in [7, 11) is 0. The van der Waals surface area contributed by atoms with Crippen LogP contribution in [0.25, 0.3) is 0 Å². The van der Waals surface area contributed by atoms with Crippen LogP contribution in [-0.4, -0.2) is 15.1 Å². The van der Waals surface area contributed by atoms with Gasteiger partial charge in [-0.2, -0.15) is 4.98 Å². The van der Waals surface area contributed by atoms with Crippen molar-refractivity contribution >= 4 is 5.95 Å². The average molecular weight is 125 g/mol. The van der Waals surface area contributed by atoms with E-state index >= 15 is 0 Å². The van der Waals surface area contributed by atoms with Crippen LogP contribution in [0, 0.1) is 6.92 Å². The molecule has 0 saturated heterocycles. The second-order valence-corrected chi connectivity index (χ2v) is 1.73. The van der Waals surface area contributed by atoms with E-state index in [4.69, 9.17) is 10.8 Å². The third-order valence-electron chi connectivity index (χ3n) is 0.964. The van der Waals surface area contributed by atoms with Crippen molar-refractivity contribution in [1.82, 2.24) is 9.97 Å². The number of anilines is 1. The Labute approximate surface area is 52.4 Å². The Balaban J connectivity index is 3.17. The van der Waals surface area contributed by atoms with E-state index < -0.39 is 0 Å². The molecule has 4 heteroatoms. The molecule has 4 nitrogen and oxygen atoms in total. The lowest BCUT2D eigenvalue weighted by Gasteiger charge is -1.94. The molecule has 0 aliphatic carbocycles. The van der Waals surface area contributed by atoms with Crippen LogP contribution in [0.5, 0.6) is 5.88 Å². The van der Waals surface area contributed by atoms with Crippen LogP contribution in [0.4, 0.5) is 5.95 Å². The first kappa shape index (κ1) is 5.81. The number of nitrogens with two attached hydrogens (primary N) is 1. The quantitative estimate of drug-likeness (QED) is 0.514. The molecule has 0 amide bonds.